The predicted molar refractivity (Wildman–Crippen MR) is 107 cm³/mol. The number of nitrogens with two attached hydrogens (primary N) is 1. The molecule has 0 aromatic heterocycles. The van der Waals surface area contributed by atoms with Gasteiger partial charge in [0.1, 0.15) is 5.75 Å². The highest BCUT2D eigenvalue weighted by Crippen LogP contribution is 2.26. The number of nitrogens with zero attached hydrogens (tertiary/aromatic N) is 1. The van der Waals surface area contributed by atoms with Crippen LogP contribution in [-0.4, -0.2) is 37.6 Å². The standard InChI is InChI=1S/C20H25N3O2.ClH/c1-25-18-10-6-15(7-11-18)19(23-12-2-3-13-23)14-22-20(24)16-4-8-17(21)9-5-16;/h4-11,19H,2-3,12-14,21H2,1H3,(H,22,24);1H. The molecule has 0 saturated carbocycles. The molecule has 1 atom stereocenters. The van der Waals surface area contributed by atoms with Crippen molar-refractivity contribution in [2.24, 2.45) is 0 Å². The molecule has 0 spiro atoms. The largest absolute Gasteiger partial charge is 0.497 e. The predicted octanol–water partition coefficient (Wildman–Crippen LogP) is 3.27. The number of benzene rings is 2. The molecule has 1 fully saturated rings. The van der Waals surface area contributed by atoms with E-state index in [0.29, 0.717) is 17.8 Å². The van der Waals surface area contributed by atoms with Crippen LogP contribution in [0.4, 0.5) is 5.69 Å². The van der Waals surface area contributed by atoms with Crippen LogP contribution in [0, 0.1) is 0 Å². The van der Waals surface area contributed by atoms with E-state index in [1.807, 2.05) is 12.1 Å². The zero-order chi connectivity index (χ0) is 17.6. The van der Waals surface area contributed by atoms with E-state index in [-0.39, 0.29) is 24.4 Å². The topological polar surface area (TPSA) is 67.6 Å². The van der Waals surface area contributed by atoms with Crippen LogP contribution in [0.2, 0.25) is 0 Å². The van der Waals surface area contributed by atoms with Crippen LogP contribution >= 0.6 is 12.4 Å². The molecule has 1 aliphatic heterocycles. The van der Waals surface area contributed by atoms with Gasteiger partial charge in [0.25, 0.3) is 5.91 Å². The maximum atomic E-state index is 12.4. The minimum atomic E-state index is -0.0716. The van der Waals surface area contributed by atoms with E-state index in [4.69, 9.17) is 10.5 Å². The van der Waals surface area contributed by atoms with Crippen LogP contribution in [-0.2, 0) is 0 Å². The molecule has 1 aliphatic rings. The van der Waals surface area contributed by atoms with Gasteiger partial charge in [0.05, 0.1) is 13.2 Å². The third-order valence-electron chi connectivity index (χ3n) is 4.71. The maximum Gasteiger partial charge on any atom is 0.251 e. The molecule has 1 heterocycles. The van der Waals surface area contributed by atoms with Crippen molar-refractivity contribution in [1.82, 2.24) is 10.2 Å². The summed E-state index contributed by atoms with van der Waals surface area (Å²) in [6.07, 6.45) is 2.41. The van der Waals surface area contributed by atoms with Crippen molar-refractivity contribution < 1.29 is 9.53 Å². The summed E-state index contributed by atoms with van der Waals surface area (Å²) in [5.41, 5.74) is 8.16. The smallest absolute Gasteiger partial charge is 0.251 e. The van der Waals surface area contributed by atoms with Gasteiger partial charge in [0.15, 0.2) is 0 Å². The quantitative estimate of drug-likeness (QED) is 0.760. The molecule has 1 unspecified atom stereocenters. The summed E-state index contributed by atoms with van der Waals surface area (Å²) in [6.45, 7) is 2.71. The monoisotopic (exact) mass is 375 g/mol. The number of ether oxygens (including phenoxy) is 1. The fraction of sp³-hybridized carbons (Fsp3) is 0.350. The normalized spacial score (nSPS) is 15.1. The molecular weight excluding hydrogens is 350 g/mol. The van der Waals surface area contributed by atoms with E-state index in [0.717, 1.165) is 18.8 Å². The average molecular weight is 376 g/mol. The summed E-state index contributed by atoms with van der Waals surface area (Å²) in [5, 5.41) is 3.07. The SMILES string of the molecule is COc1ccc(C(CNC(=O)c2ccc(N)cc2)N2CCCC2)cc1.Cl. The lowest BCUT2D eigenvalue weighted by Crippen LogP contribution is -2.36. The first-order valence-corrected chi connectivity index (χ1v) is 8.69. The molecule has 1 amide bonds. The first-order chi connectivity index (χ1) is 12.2. The zero-order valence-corrected chi connectivity index (χ0v) is 15.8. The second-order valence-electron chi connectivity index (χ2n) is 6.36. The van der Waals surface area contributed by atoms with Gasteiger partial charge in [-0.05, 0) is 67.9 Å². The van der Waals surface area contributed by atoms with Gasteiger partial charge in [-0.1, -0.05) is 12.1 Å². The van der Waals surface area contributed by atoms with Crippen LogP contribution < -0.4 is 15.8 Å². The minimum absolute atomic E-state index is 0. The Morgan fingerprint density at radius 1 is 1.12 bits per heavy atom. The third kappa shape index (κ3) is 4.90. The van der Waals surface area contributed by atoms with E-state index in [1.54, 1.807) is 31.4 Å². The Labute approximate surface area is 160 Å². The summed E-state index contributed by atoms with van der Waals surface area (Å²) >= 11 is 0. The Balaban J connectivity index is 0.00000243. The lowest BCUT2D eigenvalue weighted by molar-refractivity contribution is 0.0938. The van der Waals surface area contributed by atoms with Crippen LogP contribution in [0.25, 0.3) is 0 Å². The zero-order valence-electron chi connectivity index (χ0n) is 15.0. The molecular formula is C20H26ClN3O2. The number of halogens is 1. The lowest BCUT2D eigenvalue weighted by Gasteiger charge is -2.28. The second kappa shape index (κ2) is 9.46. The first-order valence-electron chi connectivity index (χ1n) is 8.69. The Bertz CT molecular complexity index is 698. The van der Waals surface area contributed by atoms with Crippen LogP contribution in [0.3, 0.4) is 0 Å². The number of likely N-dealkylation sites (tertiary alicyclic amines) is 1. The van der Waals surface area contributed by atoms with E-state index in [1.165, 1.54) is 18.4 Å². The minimum Gasteiger partial charge on any atom is -0.497 e. The van der Waals surface area contributed by atoms with Gasteiger partial charge in [-0.15, -0.1) is 12.4 Å². The highest BCUT2D eigenvalue weighted by molar-refractivity contribution is 5.94. The number of methoxy groups -OCH3 is 1. The fourth-order valence-corrected chi connectivity index (χ4v) is 3.26. The number of carbonyl (C=O) groups is 1. The molecule has 1 saturated heterocycles. The number of hydrogen-bond acceptors (Lipinski definition) is 4. The van der Waals surface area contributed by atoms with Gasteiger partial charge in [0.2, 0.25) is 0 Å². The van der Waals surface area contributed by atoms with Crippen LogP contribution in [0.1, 0.15) is 34.8 Å². The Morgan fingerprint density at radius 3 is 2.31 bits per heavy atom. The summed E-state index contributed by atoms with van der Waals surface area (Å²) in [7, 11) is 1.67. The number of nitrogens with one attached hydrogen (secondary N) is 1. The van der Waals surface area contributed by atoms with Gasteiger partial charge in [-0.3, -0.25) is 9.69 Å². The van der Waals surface area contributed by atoms with Crippen molar-refractivity contribution in [3.63, 3.8) is 0 Å². The number of carbonyl (C=O) groups excluding carboxylic acids is 1. The van der Waals surface area contributed by atoms with Crippen molar-refractivity contribution in [1.29, 1.82) is 0 Å². The number of amides is 1. The van der Waals surface area contributed by atoms with Gasteiger partial charge < -0.3 is 15.8 Å². The molecule has 140 valence electrons. The van der Waals surface area contributed by atoms with E-state index in [2.05, 4.69) is 22.3 Å². The first kappa shape index (κ1) is 20.1. The third-order valence-corrected chi connectivity index (χ3v) is 4.71. The van der Waals surface area contributed by atoms with Crippen LogP contribution in [0.5, 0.6) is 5.75 Å². The highest BCUT2D eigenvalue weighted by Gasteiger charge is 2.24. The average Bonchev–Trinajstić information content (AvgIpc) is 3.17. The Morgan fingerprint density at radius 2 is 1.73 bits per heavy atom. The number of nitrogen functional groups attached to an aromatic ring is 1. The van der Waals surface area contributed by atoms with Gasteiger partial charge in [-0.25, -0.2) is 0 Å². The summed E-state index contributed by atoms with van der Waals surface area (Å²) in [4.78, 5) is 14.9. The van der Waals surface area contributed by atoms with Crippen LogP contribution in [0.15, 0.2) is 48.5 Å². The van der Waals surface area contributed by atoms with Gasteiger partial charge in [0, 0.05) is 17.8 Å². The Hall–Kier alpha value is -2.24. The maximum absolute atomic E-state index is 12.4. The van der Waals surface area contributed by atoms with E-state index in [9.17, 15) is 4.79 Å². The molecule has 2 aromatic rings. The molecule has 5 nitrogen and oxygen atoms in total. The summed E-state index contributed by atoms with van der Waals surface area (Å²) < 4.78 is 5.25. The van der Waals surface area contributed by atoms with Crippen molar-refractivity contribution in [2.75, 3.05) is 32.5 Å². The molecule has 26 heavy (non-hydrogen) atoms. The lowest BCUT2D eigenvalue weighted by atomic mass is 10.0. The van der Waals surface area contributed by atoms with Crippen molar-refractivity contribution in [3.8, 4) is 5.75 Å². The highest BCUT2D eigenvalue weighted by atomic mass is 35.5. The van der Waals surface area contributed by atoms with Gasteiger partial charge in [-0.2, -0.15) is 0 Å². The molecule has 3 rings (SSSR count). The Kier molecular flexibility index (Phi) is 7.30. The van der Waals surface area contributed by atoms with E-state index < -0.39 is 0 Å². The summed E-state index contributed by atoms with van der Waals surface area (Å²) in [6, 6.07) is 15.3. The number of anilines is 1. The van der Waals surface area contributed by atoms with Crippen molar-refractivity contribution in [2.45, 2.75) is 18.9 Å². The van der Waals surface area contributed by atoms with Crippen molar-refractivity contribution >= 4 is 24.0 Å². The van der Waals surface area contributed by atoms with Crippen molar-refractivity contribution in [3.05, 3.63) is 59.7 Å². The number of rotatable bonds is 6. The van der Waals surface area contributed by atoms with E-state index >= 15 is 0 Å². The second-order valence-corrected chi connectivity index (χ2v) is 6.36. The summed E-state index contributed by atoms with van der Waals surface area (Å²) in [5.74, 6) is 0.771. The molecule has 2 aromatic carbocycles. The number of hydrogen-bond donors (Lipinski definition) is 2. The molecule has 0 aliphatic carbocycles. The fourth-order valence-electron chi connectivity index (χ4n) is 3.26. The van der Waals surface area contributed by atoms with Gasteiger partial charge >= 0.3 is 0 Å². The molecule has 0 bridgehead atoms. The molecule has 3 N–H and O–H groups in total. The molecule has 6 heteroatoms. The molecule has 0 radical (unpaired) electrons.